The average Bonchev–Trinajstić information content (AvgIpc) is 3.09. The molecule has 8 heteroatoms. The maximum absolute atomic E-state index is 12.4. The lowest BCUT2D eigenvalue weighted by Gasteiger charge is -2.16. The Balaban J connectivity index is 0.00000225. The molecule has 3 rings (SSSR count). The average molecular weight is 365 g/mol. The number of hydrogen-bond donors (Lipinski definition) is 3. The zero-order chi connectivity index (χ0) is 17.1. The first-order valence-corrected chi connectivity index (χ1v) is 7.96. The van der Waals surface area contributed by atoms with Crippen LogP contribution in [0, 0.1) is 5.92 Å². The fourth-order valence-electron chi connectivity index (χ4n) is 2.95. The Morgan fingerprint density at radius 3 is 2.80 bits per heavy atom. The highest BCUT2D eigenvalue weighted by molar-refractivity contribution is 5.98. The Bertz CT molecular complexity index is 836. The smallest absolute Gasteiger partial charge is 0.257 e. The summed E-state index contributed by atoms with van der Waals surface area (Å²) in [4.78, 5) is 41.3. The molecule has 7 nitrogen and oxygen atoms in total. The molecule has 1 unspecified atom stereocenters. The summed E-state index contributed by atoms with van der Waals surface area (Å²) in [7, 11) is 0. The lowest BCUT2D eigenvalue weighted by atomic mass is 10.1. The fourth-order valence-corrected chi connectivity index (χ4v) is 2.95. The molecule has 2 amide bonds. The lowest BCUT2D eigenvalue weighted by Crippen LogP contribution is -2.40. The first-order chi connectivity index (χ1) is 11.6. The maximum atomic E-state index is 12.4. The standard InChI is InChI=1S/C17H20N4O3.ClH/c18-7-11-5-6-21(10-11)15(22)9-20-17(24)13-8-19-14-4-2-1-3-12(14)16(13)23;/h1-4,8,11H,5-7,9-10,18H2,(H,19,23)(H,20,24);1H. The SMILES string of the molecule is Cl.NCC1CCN(C(=O)CNC(=O)c2c[nH]c3ccccc3c2=O)C1. The molecular weight excluding hydrogens is 344 g/mol. The molecule has 4 N–H and O–H groups in total. The highest BCUT2D eigenvalue weighted by Gasteiger charge is 2.25. The normalized spacial score (nSPS) is 16.5. The number of carbonyl (C=O) groups excluding carboxylic acids is 2. The molecule has 25 heavy (non-hydrogen) atoms. The van der Waals surface area contributed by atoms with Crippen molar-refractivity contribution in [2.45, 2.75) is 6.42 Å². The van der Waals surface area contributed by atoms with Gasteiger partial charge < -0.3 is 20.9 Å². The minimum Gasteiger partial charge on any atom is -0.360 e. The molecule has 1 atom stereocenters. The summed E-state index contributed by atoms with van der Waals surface area (Å²) >= 11 is 0. The molecule has 0 spiro atoms. The number of pyridine rings is 1. The molecule has 134 valence electrons. The second-order valence-corrected chi connectivity index (χ2v) is 5.99. The number of fused-ring (bicyclic) bond motifs is 1. The van der Waals surface area contributed by atoms with Gasteiger partial charge in [-0.3, -0.25) is 14.4 Å². The van der Waals surface area contributed by atoms with Gasteiger partial charge in [0.2, 0.25) is 11.3 Å². The third kappa shape index (κ3) is 4.00. The number of H-pyrrole nitrogens is 1. The summed E-state index contributed by atoms with van der Waals surface area (Å²) in [5.74, 6) is -0.380. The Hall–Kier alpha value is -2.38. The minimum absolute atomic E-state index is 0. The molecule has 1 aromatic carbocycles. The van der Waals surface area contributed by atoms with Gasteiger partial charge in [-0.2, -0.15) is 0 Å². The minimum atomic E-state index is -0.551. The van der Waals surface area contributed by atoms with Crippen molar-refractivity contribution in [2.24, 2.45) is 11.7 Å². The molecule has 1 aliphatic rings. The van der Waals surface area contributed by atoms with Gasteiger partial charge in [0.05, 0.1) is 6.54 Å². The number of nitrogens with one attached hydrogen (secondary N) is 2. The molecule has 2 heterocycles. The predicted octanol–water partition coefficient (Wildman–Crippen LogP) is 0.487. The van der Waals surface area contributed by atoms with E-state index < -0.39 is 5.91 Å². The van der Waals surface area contributed by atoms with E-state index in [1.54, 1.807) is 29.2 Å². The largest absolute Gasteiger partial charge is 0.360 e. The first kappa shape index (κ1) is 19.0. The summed E-state index contributed by atoms with van der Waals surface area (Å²) in [6.45, 7) is 1.72. The number of halogens is 1. The summed E-state index contributed by atoms with van der Waals surface area (Å²) in [6.07, 6.45) is 2.27. The quantitative estimate of drug-likeness (QED) is 0.733. The van der Waals surface area contributed by atoms with Gasteiger partial charge in [0.15, 0.2) is 0 Å². The molecule has 1 saturated heterocycles. The zero-order valence-electron chi connectivity index (χ0n) is 13.7. The number of rotatable bonds is 4. The molecular formula is C17H21ClN4O3. The number of hydrogen-bond acceptors (Lipinski definition) is 4. The van der Waals surface area contributed by atoms with E-state index in [4.69, 9.17) is 5.73 Å². The summed E-state index contributed by atoms with van der Waals surface area (Å²) in [6, 6.07) is 6.97. The van der Waals surface area contributed by atoms with Gasteiger partial charge in [-0.1, -0.05) is 12.1 Å². The summed E-state index contributed by atoms with van der Waals surface area (Å²) in [5, 5.41) is 2.98. The van der Waals surface area contributed by atoms with Crippen LogP contribution in [0.1, 0.15) is 16.8 Å². The van der Waals surface area contributed by atoms with Gasteiger partial charge in [-0.15, -0.1) is 12.4 Å². The van der Waals surface area contributed by atoms with Crippen LogP contribution < -0.4 is 16.5 Å². The Labute approximate surface area is 151 Å². The van der Waals surface area contributed by atoms with Crippen LogP contribution in [0.25, 0.3) is 10.9 Å². The molecule has 2 aromatic rings. The van der Waals surface area contributed by atoms with Gasteiger partial charge >= 0.3 is 0 Å². The van der Waals surface area contributed by atoms with E-state index in [9.17, 15) is 14.4 Å². The number of likely N-dealkylation sites (tertiary alicyclic amines) is 1. The summed E-state index contributed by atoms with van der Waals surface area (Å²) in [5.41, 5.74) is 5.93. The first-order valence-electron chi connectivity index (χ1n) is 7.96. The molecule has 0 radical (unpaired) electrons. The van der Waals surface area contributed by atoms with Crippen molar-refractivity contribution in [2.75, 3.05) is 26.2 Å². The summed E-state index contributed by atoms with van der Waals surface area (Å²) < 4.78 is 0. The van der Waals surface area contributed by atoms with E-state index in [0.29, 0.717) is 36.5 Å². The van der Waals surface area contributed by atoms with Gasteiger partial charge in [0.1, 0.15) is 5.56 Å². The number of amides is 2. The van der Waals surface area contributed by atoms with Crippen LogP contribution in [0.2, 0.25) is 0 Å². The Morgan fingerprint density at radius 1 is 1.32 bits per heavy atom. The van der Waals surface area contributed by atoms with Crippen LogP contribution in [-0.4, -0.2) is 47.9 Å². The topological polar surface area (TPSA) is 108 Å². The number of nitrogens with zero attached hydrogens (tertiary/aromatic N) is 1. The van der Waals surface area contributed by atoms with Crippen LogP contribution in [-0.2, 0) is 4.79 Å². The number of aromatic amines is 1. The second kappa shape index (κ2) is 8.13. The van der Waals surface area contributed by atoms with Gasteiger partial charge in [0, 0.05) is 30.2 Å². The highest BCUT2D eigenvalue weighted by atomic mass is 35.5. The van der Waals surface area contributed by atoms with Crippen molar-refractivity contribution in [3.05, 3.63) is 46.2 Å². The van der Waals surface area contributed by atoms with Crippen molar-refractivity contribution < 1.29 is 9.59 Å². The van der Waals surface area contributed by atoms with Gasteiger partial charge in [-0.25, -0.2) is 0 Å². The van der Waals surface area contributed by atoms with Crippen LogP contribution in [0.5, 0.6) is 0 Å². The number of carbonyl (C=O) groups is 2. The van der Waals surface area contributed by atoms with Gasteiger partial charge in [-0.05, 0) is 31.0 Å². The number of benzene rings is 1. The third-order valence-corrected chi connectivity index (χ3v) is 4.41. The van der Waals surface area contributed by atoms with Crippen molar-refractivity contribution in [1.29, 1.82) is 0 Å². The van der Waals surface area contributed by atoms with E-state index in [2.05, 4.69) is 10.3 Å². The van der Waals surface area contributed by atoms with Crippen molar-refractivity contribution in [1.82, 2.24) is 15.2 Å². The molecule has 1 aromatic heterocycles. The van der Waals surface area contributed by atoms with E-state index in [1.165, 1.54) is 6.20 Å². The maximum Gasteiger partial charge on any atom is 0.257 e. The molecule has 1 fully saturated rings. The molecule has 0 saturated carbocycles. The fraction of sp³-hybridized carbons (Fsp3) is 0.353. The van der Waals surface area contributed by atoms with Crippen LogP contribution >= 0.6 is 12.4 Å². The van der Waals surface area contributed by atoms with E-state index in [1.807, 2.05) is 0 Å². The van der Waals surface area contributed by atoms with E-state index >= 15 is 0 Å². The third-order valence-electron chi connectivity index (χ3n) is 4.41. The molecule has 1 aliphatic heterocycles. The van der Waals surface area contributed by atoms with Crippen LogP contribution in [0.3, 0.4) is 0 Å². The monoisotopic (exact) mass is 364 g/mol. The molecule has 0 aliphatic carbocycles. The van der Waals surface area contributed by atoms with Crippen molar-refractivity contribution >= 4 is 35.1 Å². The van der Waals surface area contributed by atoms with Gasteiger partial charge in [0.25, 0.3) is 5.91 Å². The Kier molecular flexibility index (Phi) is 6.17. The number of para-hydroxylation sites is 1. The second-order valence-electron chi connectivity index (χ2n) is 5.99. The van der Waals surface area contributed by atoms with Crippen LogP contribution in [0.4, 0.5) is 0 Å². The lowest BCUT2D eigenvalue weighted by molar-refractivity contribution is -0.129. The van der Waals surface area contributed by atoms with Crippen molar-refractivity contribution in [3.8, 4) is 0 Å². The van der Waals surface area contributed by atoms with E-state index in [0.717, 1.165) is 6.42 Å². The number of nitrogens with two attached hydrogens (primary N) is 1. The molecule has 0 bridgehead atoms. The predicted molar refractivity (Wildman–Crippen MR) is 97.9 cm³/mol. The Morgan fingerprint density at radius 2 is 2.08 bits per heavy atom. The van der Waals surface area contributed by atoms with Crippen LogP contribution in [0.15, 0.2) is 35.3 Å². The van der Waals surface area contributed by atoms with Crippen molar-refractivity contribution in [3.63, 3.8) is 0 Å². The number of aromatic nitrogens is 1. The van der Waals surface area contributed by atoms with E-state index in [-0.39, 0.29) is 35.9 Å². The highest BCUT2D eigenvalue weighted by Crippen LogP contribution is 2.14. The zero-order valence-corrected chi connectivity index (χ0v) is 14.5.